The summed E-state index contributed by atoms with van der Waals surface area (Å²) in [5.74, 6) is 0. The third-order valence-corrected chi connectivity index (χ3v) is 5.58. The molecule has 0 aromatic heterocycles. The van der Waals surface area contributed by atoms with Gasteiger partial charge in [0.05, 0.1) is 0 Å². The van der Waals surface area contributed by atoms with Gasteiger partial charge in [0.25, 0.3) is 0 Å². The summed E-state index contributed by atoms with van der Waals surface area (Å²) < 4.78 is 0. The van der Waals surface area contributed by atoms with Gasteiger partial charge in [-0.25, -0.2) is 0 Å². The molecule has 1 heteroatoms. The summed E-state index contributed by atoms with van der Waals surface area (Å²) >= 11 is 4.83. The summed E-state index contributed by atoms with van der Waals surface area (Å²) in [5, 5.41) is 5.65. The summed E-state index contributed by atoms with van der Waals surface area (Å²) in [4.78, 5) is 0. The molecule has 0 bridgehead atoms. The quantitative estimate of drug-likeness (QED) is 0.281. The van der Waals surface area contributed by atoms with Gasteiger partial charge in [-0.05, 0) is 57.1 Å². The van der Waals surface area contributed by atoms with Crippen molar-refractivity contribution in [2.45, 2.75) is 31.4 Å². The zero-order valence-corrected chi connectivity index (χ0v) is 16.0. The Labute approximate surface area is 161 Å². The molecule has 0 saturated heterocycles. The predicted octanol–water partition coefficient (Wildman–Crippen LogP) is 7.30. The monoisotopic (exact) mass is 356 g/mol. The molecule has 1 unspecified atom stereocenters. The van der Waals surface area contributed by atoms with E-state index in [1.165, 1.54) is 44.7 Å². The lowest BCUT2D eigenvalue weighted by Crippen LogP contribution is -2.04. The first-order valence-corrected chi connectivity index (χ1v) is 9.96. The lowest BCUT2D eigenvalue weighted by molar-refractivity contribution is 0.739. The molecular formula is C25H24S. The van der Waals surface area contributed by atoms with Crippen LogP contribution in [0.3, 0.4) is 0 Å². The standard InChI is InChI=1S/C25H24S/c1-2-9-21(26)17-20-12-5-8-15-24(20)25-22-13-6-3-10-18(22)16-19-11-4-7-14-23(19)25/h3-8,10-16,21,26H,2,9,17H2,1H3. The van der Waals surface area contributed by atoms with Crippen molar-refractivity contribution >= 4 is 34.2 Å². The highest BCUT2D eigenvalue weighted by Gasteiger charge is 2.14. The average molecular weight is 357 g/mol. The molecule has 0 amide bonds. The summed E-state index contributed by atoms with van der Waals surface area (Å²) in [6.45, 7) is 2.23. The number of benzene rings is 4. The van der Waals surface area contributed by atoms with E-state index in [4.69, 9.17) is 12.6 Å². The van der Waals surface area contributed by atoms with Crippen LogP contribution in [0.4, 0.5) is 0 Å². The van der Waals surface area contributed by atoms with E-state index in [9.17, 15) is 0 Å². The van der Waals surface area contributed by atoms with Gasteiger partial charge in [0.15, 0.2) is 0 Å². The Morgan fingerprint density at radius 1 is 0.769 bits per heavy atom. The smallest absolute Gasteiger partial charge is 0.00573 e. The van der Waals surface area contributed by atoms with Crippen molar-refractivity contribution in [3.8, 4) is 11.1 Å². The van der Waals surface area contributed by atoms with Crippen LogP contribution < -0.4 is 0 Å². The molecule has 4 aromatic rings. The van der Waals surface area contributed by atoms with E-state index in [1.807, 2.05) is 0 Å². The normalized spacial score (nSPS) is 12.5. The van der Waals surface area contributed by atoms with E-state index in [2.05, 4.69) is 85.8 Å². The van der Waals surface area contributed by atoms with Crippen LogP contribution in [-0.4, -0.2) is 5.25 Å². The molecule has 0 aliphatic rings. The van der Waals surface area contributed by atoms with Gasteiger partial charge in [-0.2, -0.15) is 12.6 Å². The Morgan fingerprint density at radius 3 is 2.00 bits per heavy atom. The third-order valence-electron chi connectivity index (χ3n) is 5.14. The van der Waals surface area contributed by atoms with Crippen LogP contribution in [0.25, 0.3) is 32.7 Å². The van der Waals surface area contributed by atoms with Crippen LogP contribution in [0.15, 0.2) is 78.9 Å². The summed E-state index contributed by atoms with van der Waals surface area (Å²) in [6, 6.07) is 28.6. The van der Waals surface area contributed by atoms with Crippen molar-refractivity contribution in [3.63, 3.8) is 0 Å². The van der Waals surface area contributed by atoms with E-state index in [-0.39, 0.29) is 0 Å². The Balaban J connectivity index is 1.99. The summed E-state index contributed by atoms with van der Waals surface area (Å²) in [7, 11) is 0. The minimum atomic E-state index is 0.405. The second-order valence-corrected chi connectivity index (χ2v) is 7.73. The van der Waals surface area contributed by atoms with Crippen LogP contribution >= 0.6 is 12.6 Å². The maximum atomic E-state index is 4.83. The molecule has 4 aromatic carbocycles. The molecule has 0 spiro atoms. The minimum absolute atomic E-state index is 0.405. The zero-order chi connectivity index (χ0) is 17.9. The van der Waals surface area contributed by atoms with Crippen molar-refractivity contribution in [1.29, 1.82) is 0 Å². The van der Waals surface area contributed by atoms with E-state index in [1.54, 1.807) is 0 Å². The van der Waals surface area contributed by atoms with E-state index in [0.717, 1.165) is 12.8 Å². The highest BCUT2D eigenvalue weighted by Crippen LogP contribution is 2.38. The Kier molecular flexibility index (Phi) is 4.99. The topological polar surface area (TPSA) is 0 Å². The predicted molar refractivity (Wildman–Crippen MR) is 118 cm³/mol. The van der Waals surface area contributed by atoms with Crippen molar-refractivity contribution in [3.05, 3.63) is 84.4 Å². The summed E-state index contributed by atoms with van der Waals surface area (Å²) in [5.41, 5.74) is 4.09. The molecule has 0 aliphatic carbocycles. The molecule has 0 N–H and O–H groups in total. The van der Waals surface area contributed by atoms with Gasteiger partial charge in [-0.1, -0.05) is 86.1 Å². The van der Waals surface area contributed by atoms with Gasteiger partial charge in [0.2, 0.25) is 0 Å². The molecule has 0 saturated carbocycles. The Hall–Kier alpha value is -2.25. The molecule has 0 heterocycles. The Morgan fingerprint density at radius 2 is 1.35 bits per heavy atom. The second kappa shape index (κ2) is 7.55. The number of rotatable bonds is 5. The average Bonchev–Trinajstić information content (AvgIpc) is 2.67. The molecule has 26 heavy (non-hydrogen) atoms. The van der Waals surface area contributed by atoms with Crippen LogP contribution in [-0.2, 0) is 6.42 Å². The number of hydrogen-bond donors (Lipinski definition) is 1. The third kappa shape index (κ3) is 3.24. The first-order chi connectivity index (χ1) is 12.8. The lowest BCUT2D eigenvalue weighted by Gasteiger charge is -2.17. The van der Waals surface area contributed by atoms with Gasteiger partial charge in [0, 0.05) is 5.25 Å². The van der Waals surface area contributed by atoms with Crippen molar-refractivity contribution in [2.75, 3.05) is 0 Å². The van der Waals surface area contributed by atoms with Crippen LogP contribution in [0.1, 0.15) is 25.3 Å². The zero-order valence-electron chi connectivity index (χ0n) is 15.2. The first kappa shape index (κ1) is 17.2. The molecule has 130 valence electrons. The maximum Gasteiger partial charge on any atom is 0.00573 e. The maximum absolute atomic E-state index is 4.83. The number of hydrogen-bond acceptors (Lipinski definition) is 1. The van der Waals surface area contributed by atoms with E-state index >= 15 is 0 Å². The molecule has 4 rings (SSSR count). The molecule has 0 nitrogen and oxygen atoms in total. The fourth-order valence-corrected chi connectivity index (χ4v) is 4.39. The van der Waals surface area contributed by atoms with Crippen molar-refractivity contribution < 1.29 is 0 Å². The molecule has 0 fully saturated rings. The van der Waals surface area contributed by atoms with Crippen LogP contribution in [0.2, 0.25) is 0 Å². The number of thiol groups is 1. The van der Waals surface area contributed by atoms with Crippen LogP contribution in [0, 0.1) is 0 Å². The van der Waals surface area contributed by atoms with Gasteiger partial charge >= 0.3 is 0 Å². The second-order valence-electron chi connectivity index (χ2n) is 7.00. The van der Waals surface area contributed by atoms with Crippen molar-refractivity contribution in [1.82, 2.24) is 0 Å². The first-order valence-electron chi connectivity index (χ1n) is 9.44. The molecule has 0 aliphatic heterocycles. The SMILES string of the molecule is CCCC(S)Cc1ccccc1-c1c2ccccc2cc2ccccc12. The van der Waals surface area contributed by atoms with Gasteiger partial charge in [-0.3, -0.25) is 0 Å². The van der Waals surface area contributed by atoms with Crippen molar-refractivity contribution in [2.24, 2.45) is 0 Å². The fraction of sp³-hybridized carbons (Fsp3) is 0.200. The number of fused-ring (bicyclic) bond motifs is 2. The van der Waals surface area contributed by atoms with Crippen LogP contribution in [0.5, 0.6) is 0 Å². The highest BCUT2D eigenvalue weighted by atomic mass is 32.1. The Bertz CT molecular complexity index is 994. The van der Waals surface area contributed by atoms with Gasteiger partial charge < -0.3 is 0 Å². The molecule has 0 radical (unpaired) electrons. The van der Waals surface area contributed by atoms with E-state index < -0.39 is 0 Å². The summed E-state index contributed by atoms with van der Waals surface area (Å²) in [6.07, 6.45) is 3.33. The molecular weight excluding hydrogens is 332 g/mol. The largest absolute Gasteiger partial charge is 0.176 e. The fourth-order valence-electron chi connectivity index (χ4n) is 3.94. The lowest BCUT2D eigenvalue weighted by atomic mass is 9.88. The minimum Gasteiger partial charge on any atom is -0.176 e. The van der Waals surface area contributed by atoms with Gasteiger partial charge in [-0.15, -0.1) is 0 Å². The van der Waals surface area contributed by atoms with Gasteiger partial charge in [0.1, 0.15) is 0 Å². The van der Waals surface area contributed by atoms with E-state index in [0.29, 0.717) is 5.25 Å². The molecule has 1 atom stereocenters. The highest BCUT2D eigenvalue weighted by molar-refractivity contribution is 7.80.